The van der Waals surface area contributed by atoms with Gasteiger partial charge in [0.2, 0.25) is 0 Å². The third kappa shape index (κ3) is 8.87. The largest absolute Gasteiger partial charge is 0.482 e. The van der Waals surface area contributed by atoms with E-state index in [2.05, 4.69) is 127 Å². The molecule has 3 N–H and O–H groups in total. The summed E-state index contributed by atoms with van der Waals surface area (Å²) in [6.45, 7) is -1.09. The topological polar surface area (TPSA) is 162 Å². The van der Waals surface area contributed by atoms with Gasteiger partial charge in [0.1, 0.15) is 11.3 Å². The van der Waals surface area contributed by atoms with E-state index in [-0.39, 0.29) is 102 Å². The molecule has 6 heterocycles. The molecule has 16 atom stereocenters. The number of carbonyl (C=O) groups is 2. The van der Waals surface area contributed by atoms with Crippen LogP contribution in [0.25, 0.3) is 22.6 Å². The van der Waals surface area contributed by atoms with Crippen LogP contribution in [0, 0.1) is 46.8 Å². The molecule has 5 aliphatic heterocycles. The highest BCUT2D eigenvalue weighted by Gasteiger charge is 2.71. The van der Waals surface area contributed by atoms with E-state index in [0.717, 1.165) is 44.9 Å². The summed E-state index contributed by atoms with van der Waals surface area (Å²) in [6.07, 6.45) is 22.8. The highest BCUT2D eigenvalue weighted by Crippen LogP contribution is 2.73. The summed E-state index contributed by atoms with van der Waals surface area (Å²) in [6, 6.07) is 36.0. The van der Waals surface area contributed by atoms with E-state index in [4.69, 9.17) is 23.4 Å². The maximum atomic E-state index is 16.4. The second-order valence-electron chi connectivity index (χ2n) is 30.4. The van der Waals surface area contributed by atoms with Crippen LogP contribution in [-0.2, 0) is 42.2 Å². The van der Waals surface area contributed by atoms with E-state index < -0.39 is 59.9 Å². The molecule has 1 saturated heterocycles. The lowest BCUT2D eigenvalue weighted by Crippen LogP contribution is -2.65. The zero-order chi connectivity index (χ0) is 64.1. The molecule has 12 bridgehead atoms. The molecule has 0 amide bonds. The Morgan fingerprint density at radius 3 is 2.49 bits per heavy atom. The first-order valence-electron chi connectivity index (χ1n) is 35.8. The quantitative estimate of drug-likeness (QED) is 0.0576. The van der Waals surface area contributed by atoms with Gasteiger partial charge in [-0.25, -0.2) is 9.59 Å². The molecule has 486 valence electrons. The van der Waals surface area contributed by atoms with Crippen LogP contribution in [-0.4, -0.2) is 65.9 Å². The maximum absolute atomic E-state index is 16.4. The number of ether oxygens (including phenoxy) is 4. The molecule has 19 rings (SSSR count). The molecular formula is C84H84O11. The summed E-state index contributed by atoms with van der Waals surface area (Å²) in [7, 11) is 1.54. The number of rotatable bonds is 8. The van der Waals surface area contributed by atoms with Crippen molar-refractivity contribution in [3.05, 3.63) is 215 Å². The van der Waals surface area contributed by atoms with Gasteiger partial charge in [-0.1, -0.05) is 134 Å². The Hall–Kier alpha value is -7.59. The molecule has 0 radical (unpaired) electrons. The van der Waals surface area contributed by atoms with Crippen molar-refractivity contribution >= 4 is 34.6 Å². The molecule has 3 saturated carbocycles. The van der Waals surface area contributed by atoms with Crippen LogP contribution in [0.15, 0.2) is 142 Å². The second-order valence-corrected chi connectivity index (χ2v) is 30.4. The minimum absolute atomic E-state index is 0.00960. The predicted octanol–water partition coefficient (Wildman–Crippen LogP) is 15.1. The molecule has 13 aliphatic rings. The van der Waals surface area contributed by atoms with Crippen molar-refractivity contribution in [3.8, 4) is 17.6 Å². The fourth-order valence-electron chi connectivity index (χ4n) is 22.9. The van der Waals surface area contributed by atoms with Crippen molar-refractivity contribution in [2.75, 3.05) is 26.9 Å². The van der Waals surface area contributed by atoms with Crippen LogP contribution in [0.2, 0.25) is 0 Å². The Labute approximate surface area is 555 Å². The Kier molecular flexibility index (Phi) is 14.5. The number of allylic oxidation sites excluding steroid dienone is 5. The number of benzene rings is 5. The van der Waals surface area contributed by atoms with Crippen molar-refractivity contribution in [3.63, 3.8) is 0 Å². The highest BCUT2D eigenvalue weighted by molar-refractivity contribution is 5.91. The standard InChI is InChI=1S/C84H84O11/c1-91-46-54(33-36-85)75-68(45-87)64-31-32-72-76(77(64)93-81(75)90)78-79-83(95-72)35-10-34-82-43-52-22-21-51(39-66(80(89)94-79)53(44-86)13-3-2-12-48-40-71(82)67(42-73(82)83)62-17-6-5-16-59(48)62)61-29-25-50(38-65(52)61)58-28-24-49(37-55(58)41-74(88)92-78)60-18-9-20-70-63(60)30-27-57-15-8-14-56-26-23-47-11-4-7-19-69(47)84(56,57)70/h4-7,9,11,16-20,23-26,28-29,31-32,38,40,49,51-52,54-58,67,71,73,78-79,85-87H,8,10,12-15,21-22,27,30,33-37,39,41-46H2,1H3/b66-53-/t49-,51+,52-,54-,55-,56+,57+,58+,67+,71-,73-,78-,79+,82-,83+,84+/m1/s1. The second kappa shape index (κ2) is 23.0. The van der Waals surface area contributed by atoms with Crippen LogP contribution in [0.1, 0.15) is 223 Å². The first-order valence-corrected chi connectivity index (χ1v) is 35.8. The molecular weight excluding hydrogens is 1180 g/mol. The fourth-order valence-corrected chi connectivity index (χ4v) is 22.9. The van der Waals surface area contributed by atoms with E-state index in [1.165, 1.54) is 87.6 Å². The third-order valence-corrected chi connectivity index (χ3v) is 26.6. The molecule has 1 aromatic heterocycles. The lowest BCUT2D eigenvalue weighted by atomic mass is 9.48. The van der Waals surface area contributed by atoms with Crippen LogP contribution in [0.5, 0.6) is 5.75 Å². The SMILES string of the molecule is COC[C@@H](CCO)c1c(CO)c2ccc3c(c2oc1=O)[C@H]1OC(=O)C[C@H]2C[C@H](c4cccc5c4CC[C@@H]4CCC[C@H]6C=Cc7ccccc7[C@@]546)C=C[C@H]2c2ccc4c(c2)[C@@H]2CC[C@H]4C/C4=C(/CO)CC#CCC5=C[C@@H]6[C@@H](C[C@@H]7[C@]6(CCC[C@@]7(O3)[C@H]1OC4=O)C2)c1ccccc15. The van der Waals surface area contributed by atoms with Gasteiger partial charge in [0.25, 0.3) is 0 Å². The molecule has 6 aromatic rings. The number of carbonyl (C=O) groups excluding carboxylic acids is 2. The maximum Gasteiger partial charge on any atom is 0.340 e. The smallest absolute Gasteiger partial charge is 0.340 e. The van der Waals surface area contributed by atoms with Crippen molar-refractivity contribution in [1.29, 1.82) is 0 Å². The number of aliphatic hydroxyl groups is 3. The van der Waals surface area contributed by atoms with Crippen LogP contribution in [0.3, 0.4) is 0 Å². The van der Waals surface area contributed by atoms with Crippen molar-refractivity contribution in [1.82, 2.24) is 0 Å². The molecule has 2 spiro atoms. The summed E-state index contributed by atoms with van der Waals surface area (Å²) >= 11 is 0. The van der Waals surface area contributed by atoms with Crippen LogP contribution in [0.4, 0.5) is 0 Å². The van der Waals surface area contributed by atoms with E-state index in [1.807, 2.05) is 12.1 Å². The van der Waals surface area contributed by atoms with Crippen molar-refractivity contribution in [2.45, 2.75) is 181 Å². The van der Waals surface area contributed by atoms with E-state index in [0.29, 0.717) is 71.8 Å². The molecule has 11 nitrogen and oxygen atoms in total. The van der Waals surface area contributed by atoms with Crippen LogP contribution < -0.4 is 10.4 Å². The molecule has 11 heteroatoms. The Bertz CT molecular complexity index is 4450. The minimum Gasteiger partial charge on any atom is -0.482 e. The first-order chi connectivity index (χ1) is 46.6. The number of esters is 2. The van der Waals surface area contributed by atoms with E-state index in [1.54, 1.807) is 0 Å². The molecule has 0 unspecified atom stereocenters. The van der Waals surface area contributed by atoms with Gasteiger partial charge in [-0.2, -0.15) is 0 Å². The summed E-state index contributed by atoms with van der Waals surface area (Å²) in [5.74, 6) is 6.23. The van der Waals surface area contributed by atoms with Gasteiger partial charge >= 0.3 is 17.6 Å². The average Bonchev–Trinajstić information content (AvgIpc) is 1.62. The zero-order valence-corrected chi connectivity index (χ0v) is 54.3. The van der Waals surface area contributed by atoms with Crippen molar-refractivity contribution < 1.29 is 48.3 Å². The summed E-state index contributed by atoms with van der Waals surface area (Å²) < 4.78 is 35.2. The Morgan fingerprint density at radius 1 is 0.758 bits per heavy atom. The number of hydrogen-bond acceptors (Lipinski definition) is 11. The monoisotopic (exact) mass is 1270 g/mol. The van der Waals surface area contributed by atoms with Gasteiger partial charge in [-0.3, -0.25) is 4.79 Å². The highest BCUT2D eigenvalue weighted by atomic mass is 16.6. The lowest BCUT2D eigenvalue weighted by Gasteiger charge is -2.58. The van der Waals surface area contributed by atoms with Crippen molar-refractivity contribution in [2.24, 2.45) is 35.0 Å². The number of aliphatic hydroxyl groups excluding tert-OH is 3. The number of fused-ring (bicyclic) bond motifs is 13. The molecule has 4 fully saturated rings. The van der Waals surface area contributed by atoms with E-state index >= 15 is 14.4 Å². The zero-order valence-electron chi connectivity index (χ0n) is 54.3. The predicted molar refractivity (Wildman–Crippen MR) is 363 cm³/mol. The first kappa shape index (κ1) is 59.9. The van der Waals surface area contributed by atoms with Gasteiger partial charge in [0.15, 0.2) is 17.8 Å². The molecule has 5 aromatic carbocycles. The lowest BCUT2D eigenvalue weighted by molar-refractivity contribution is -0.222. The summed E-state index contributed by atoms with van der Waals surface area (Å²) in [5.41, 5.74) is 13.7. The van der Waals surface area contributed by atoms with Gasteiger partial charge in [0.05, 0.1) is 25.4 Å². The van der Waals surface area contributed by atoms with E-state index in [9.17, 15) is 15.3 Å². The van der Waals surface area contributed by atoms with Gasteiger partial charge in [0, 0.05) is 78.6 Å². The van der Waals surface area contributed by atoms with Gasteiger partial charge in [-0.05, 0) is 221 Å². The normalized spacial score (nSPS) is 34.3. The summed E-state index contributed by atoms with van der Waals surface area (Å²) in [5, 5.41) is 33.9. The third-order valence-electron chi connectivity index (χ3n) is 26.6. The van der Waals surface area contributed by atoms with Gasteiger partial charge < -0.3 is 38.7 Å². The number of methoxy groups -OCH3 is 1. The molecule has 95 heavy (non-hydrogen) atoms. The Balaban J connectivity index is 0.872. The molecule has 8 aliphatic carbocycles. The Morgan fingerprint density at radius 2 is 1.61 bits per heavy atom. The minimum atomic E-state index is -1.37. The van der Waals surface area contributed by atoms with Gasteiger partial charge in [-0.15, -0.1) is 0 Å². The van der Waals surface area contributed by atoms with Crippen LogP contribution >= 0.6 is 0 Å². The average molecular weight is 1270 g/mol. The number of hydrogen-bond donors (Lipinski definition) is 3. The fraction of sp³-hybridized carbons (Fsp3) is 0.464. The summed E-state index contributed by atoms with van der Waals surface area (Å²) in [4.78, 5) is 47.9.